The minimum Gasteiger partial charge on any atom is -0.490 e. The molecule has 1 saturated carbocycles. The van der Waals surface area contributed by atoms with Crippen molar-refractivity contribution in [3.63, 3.8) is 0 Å². The summed E-state index contributed by atoms with van der Waals surface area (Å²) in [7, 11) is 0. The zero-order valence-electron chi connectivity index (χ0n) is 23.9. The van der Waals surface area contributed by atoms with Crippen molar-refractivity contribution in [1.29, 1.82) is 0 Å². The summed E-state index contributed by atoms with van der Waals surface area (Å²) in [6.45, 7) is 4.26. The first-order chi connectivity index (χ1) is 19.9. The molecule has 0 aromatic heterocycles. The molecule has 0 spiro atoms. The van der Waals surface area contributed by atoms with Gasteiger partial charge < -0.3 is 4.74 Å². The van der Waals surface area contributed by atoms with Crippen molar-refractivity contribution in [3.05, 3.63) is 95.6 Å². The third kappa shape index (κ3) is 6.29. The van der Waals surface area contributed by atoms with Crippen LogP contribution in [-0.4, -0.2) is 6.61 Å². The maximum Gasteiger partial charge on any atom is 0.201 e. The van der Waals surface area contributed by atoms with Gasteiger partial charge in [0.05, 0.1) is 6.61 Å². The van der Waals surface area contributed by atoms with Crippen LogP contribution in [0, 0.1) is 41.0 Å². The van der Waals surface area contributed by atoms with Gasteiger partial charge in [0.2, 0.25) is 5.82 Å². The van der Waals surface area contributed by atoms with Gasteiger partial charge in [-0.3, -0.25) is 0 Å². The monoisotopic (exact) mass is 562 g/mol. The zero-order valence-corrected chi connectivity index (χ0v) is 23.9. The van der Waals surface area contributed by atoms with Crippen LogP contribution in [0.15, 0.2) is 66.8 Å². The molecule has 1 nitrogen and oxygen atoms in total. The van der Waals surface area contributed by atoms with Crippen LogP contribution >= 0.6 is 0 Å². The van der Waals surface area contributed by atoms with E-state index in [0.29, 0.717) is 41.6 Å². The van der Waals surface area contributed by atoms with Crippen LogP contribution in [0.5, 0.6) is 5.75 Å². The Labute approximate surface area is 240 Å². The van der Waals surface area contributed by atoms with E-state index >= 15 is 8.78 Å². The molecule has 0 aliphatic heterocycles. The summed E-state index contributed by atoms with van der Waals surface area (Å²) in [5.41, 5.74) is 2.33. The van der Waals surface area contributed by atoms with E-state index in [1.165, 1.54) is 37.8 Å². The first kappa shape index (κ1) is 29.2. The third-order valence-corrected chi connectivity index (χ3v) is 8.84. The largest absolute Gasteiger partial charge is 0.490 e. The second-order valence-corrected chi connectivity index (χ2v) is 11.4. The molecule has 0 heterocycles. The van der Waals surface area contributed by atoms with Gasteiger partial charge in [0.1, 0.15) is 0 Å². The van der Waals surface area contributed by atoms with E-state index in [4.69, 9.17) is 4.74 Å². The van der Waals surface area contributed by atoms with E-state index in [-0.39, 0.29) is 16.9 Å². The number of ether oxygens (including phenoxy) is 1. The predicted octanol–water partition coefficient (Wildman–Crippen LogP) is 10.9. The molecule has 1 fully saturated rings. The lowest BCUT2D eigenvalue weighted by Gasteiger charge is -2.35. The van der Waals surface area contributed by atoms with Crippen molar-refractivity contribution in [1.82, 2.24) is 0 Å². The molecule has 0 radical (unpaired) electrons. The van der Waals surface area contributed by atoms with E-state index < -0.39 is 23.3 Å². The SMILES string of the molecule is CC=CC1CCC(C2CC=C(c3ccc(-c4ccc(-c5ccc(OCCC)c(F)c5F)cc4)c(F)c3F)CC2)CC1. The Bertz CT molecular complexity index is 1410. The predicted molar refractivity (Wildman–Crippen MR) is 159 cm³/mol. The molecule has 1 unspecified atom stereocenters. The van der Waals surface area contributed by atoms with Crippen LogP contribution < -0.4 is 4.74 Å². The van der Waals surface area contributed by atoms with Crippen molar-refractivity contribution >= 4 is 5.57 Å². The van der Waals surface area contributed by atoms with Crippen molar-refractivity contribution in [3.8, 4) is 28.0 Å². The zero-order chi connectivity index (χ0) is 28.9. The first-order valence-electron chi connectivity index (χ1n) is 14.9. The van der Waals surface area contributed by atoms with Crippen LogP contribution in [0.4, 0.5) is 17.6 Å². The normalized spacial score (nSPS) is 21.2. The van der Waals surface area contributed by atoms with E-state index in [0.717, 1.165) is 30.8 Å². The number of benzene rings is 3. The van der Waals surface area contributed by atoms with Crippen molar-refractivity contribution in [2.45, 2.75) is 65.2 Å². The number of hydrogen-bond acceptors (Lipinski definition) is 1. The minimum atomic E-state index is -1.04. The number of halogens is 4. The van der Waals surface area contributed by atoms with Gasteiger partial charge >= 0.3 is 0 Å². The quantitative estimate of drug-likeness (QED) is 0.196. The van der Waals surface area contributed by atoms with Gasteiger partial charge in [-0.05, 0) is 105 Å². The standard InChI is InChI=1S/C36H38F4O/c1-3-5-23-6-8-24(9-7-23)25-10-12-26(13-11-25)29-18-19-30(34(38)33(29)37)27-14-16-28(17-15-27)31-20-21-32(41-22-4-2)36(40)35(31)39/h3,5,12,14-21,23-25H,4,6-11,13,22H2,1-2H3. The fraction of sp³-hybridized carbons (Fsp3) is 0.389. The van der Waals surface area contributed by atoms with Crippen LogP contribution in [-0.2, 0) is 0 Å². The van der Waals surface area contributed by atoms with Gasteiger partial charge in [-0.2, -0.15) is 4.39 Å². The lowest BCUT2D eigenvalue weighted by atomic mass is 9.71. The Morgan fingerprint density at radius 1 is 0.707 bits per heavy atom. The lowest BCUT2D eigenvalue weighted by Crippen LogP contribution is -2.22. The summed E-state index contributed by atoms with van der Waals surface area (Å²) in [5.74, 6) is -1.85. The Balaban J connectivity index is 1.29. The fourth-order valence-corrected chi connectivity index (χ4v) is 6.54. The van der Waals surface area contributed by atoms with Crippen molar-refractivity contribution < 1.29 is 22.3 Å². The summed E-state index contributed by atoms with van der Waals surface area (Å²) >= 11 is 0. The first-order valence-corrected chi connectivity index (χ1v) is 14.9. The third-order valence-electron chi connectivity index (χ3n) is 8.84. The van der Waals surface area contributed by atoms with Crippen LogP contribution in [0.2, 0.25) is 0 Å². The van der Waals surface area contributed by atoms with Gasteiger partial charge in [0, 0.05) is 16.7 Å². The van der Waals surface area contributed by atoms with Crippen molar-refractivity contribution in [2.24, 2.45) is 17.8 Å². The number of hydrogen-bond donors (Lipinski definition) is 0. The van der Waals surface area contributed by atoms with Gasteiger partial charge in [-0.25, -0.2) is 13.2 Å². The van der Waals surface area contributed by atoms with E-state index in [9.17, 15) is 8.78 Å². The maximum atomic E-state index is 15.3. The summed E-state index contributed by atoms with van der Waals surface area (Å²) in [4.78, 5) is 0. The molecule has 5 rings (SSSR count). The molecule has 3 aromatic rings. The van der Waals surface area contributed by atoms with Gasteiger partial charge in [0.25, 0.3) is 0 Å². The molecule has 2 aliphatic carbocycles. The molecule has 0 amide bonds. The molecule has 216 valence electrons. The minimum absolute atomic E-state index is 0.0771. The molecule has 0 N–H and O–H groups in total. The second-order valence-electron chi connectivity index (χ2n) is 11.4. The maximum absolute atomic E-state index is 15.3. The summed E-state index contributed by atoms with van der Waals surface area (Å²) in [6, 6.07) is 12.5. The van der Waals surface area contributed by atoms with Gasteiger partial charge in [0.15, 0.2) is 23.2 Å². The second kappa shape index (κ2) is 13.1. The van der Waals surface area contributed by atoms with Gasteiger partial charge in [-0.15, -0.1) is 0 Å². The van der Waals surface area contributed by atoms with E-state index in [1.807, 2.05) is 6.92 Å². The van der Waals surface area contributed by atoms with Crippen LogP contribution in [0.1, 0.15) is 70.8 Å². The molecular weight excluding hydrogens is 524 g/mol. The molecule has 3 aromatic carbocycles. The lowest BCUT2D eigenvalue weighted by molar-refractivity contribution is 0.212. The number of allylic oxidation sites excluding steroid dienone is 4. The summed E-state index contributed by atoms with van der Waals surface area (Å²) in [5, 5.41) is 0. The topological polar surface area (TPSA) is 9.23 Å². The summed E-state index contributed by atoms with van der Waals surface area (Å²) in [6.07, 6.45) is 15.0. The highest BCUT2D eigenvalue weighted by atomic mass is 19.2. The molecule has 1 atom stereocenters. The fourth-order valence-electron chi connectivity index (χ4n) is 6.54. The molecule has 0 bridgehead atoms. The molecule has 0 saturated heterocycles. The van der Waals surface area contributed by atoms with Crippen molar-refractivity contribution in [2.75, 3.05) is 6.61 Å². The van der Waals surface area contributed by atoms with E-state index in [1.54, 1.807) is 36.4 Å². The molecule has 41 heavy (non-hydrogen) atoms. The average Bonchev–Trinajstić information content (AvgIpc) is 3.00. The Hall–Kier alpha value is -3.34. The smallest absolute Gasteiger partial charge is 0.201 e. The highest BCUT2D eigenvalue weighted by Gasteiger charge is 2.29. The van der Waals surface area contributed by atoms with Crippen LogP contribution in [0.25, 0.3) is 27.8 Å². The number of rotatable bonds is 8. The van der Waals surface area contributed by atoms with E-state index in [2.05, 4.69) is 25.2 Å². The highest BCUT2D eigenvalue weighted by Crippen LogP contribution is 2.42. The average molecular weight is 563 g/mol. The van der Waals surface area contributed by atoms with Crippen LogP contribution in [0.3, 0.4) is 0 Å². The molecule has 5 heteroatoms. The Morgan fingerprint density at radius 2 is 1.29 bits per heavy atom. The highest BCUT2D eigenvalue weighted by molar-refractivity contribution is 5.74. The van der Waals surface area contributed by atoms with Gasteiger partial charge in [-0.1, -0.05) is 61.5 Å². The Kier molecular flexibility index (Phi) is 9.32. The Morgan fingerprint density at radius 3 is 1.88 bits per heavy atom. The molecule has 2 aliphatic rings. The summed E-state index contributed by atoms with van der Waals surface area (Å²) < 4.78 is 65.1. The molecular formula is C36H38F4O.